The van der Waals surface area contributed by atoms with Gasteiger partial charge in [-0.2, -0.15) is 0 Å². The van der Waals surface area contributed by atoms with Gasteiger partial charge in [0.25, 0.3) is 0 Å². The second kappa shape index (κ2) is 10.6. The van der Waals surface area contributed by atoms with E-state index in [4.69, 9.17) is 14.6 Å². The van der Waals surface area contributed by atoms with E-state index < -0.39 is 5.97 Å². The van der Waals surface area contributed by atoms with Gasteiger partial charge in [0.2, 0.25) is 0 Å². The van der Waals surface area contributed by atoms with Gasteiger partial charge in [0, 0.05) is 18.9 Å². The number of aliphatic carboxylic acids is 1. The minimum absolute atomic E-state index is 0.0789. The highest BCUT2D eigenvalue weighted by atomic mass is 16.7. The molecule has 5 heteroatoms. The van der Waals surface area contributed by atoms with Gasteiger partial charge in [0.05, 0.1) is 6.10 Å². The molecule has 0 bridgehead atoms. The molecule has 2 rings (SSSR count). The lowest BCUT2D eigenvalue weighted by molar-refractivity contribution is -0.195. The third-order valence-corrected chi connectivity index (χ3v) is 5.04. The van der Waals surface area contributed by atoms with Crippen LogP contribution >= 0.6 is 0 Å². The van der Waals surface area contributed by atoms with Crippen molar-refractivity contribution in [2.45, 2.75) is 76.6 Å². The maximum atomic E-state index is 11.3. The Hall–Kier alpha value is -1.20. The predicted molar refractivity (Wildman–Crippen MR) is 90.6 cm³/mol. The van der Waals surface area contributed by atoms with Gasteiger partial charge < -0.3 is 19.4 Å². The number of unbranched alkanes of at least 4 members (excludes halogenated alkanes) is 2. The molecule has 1 aliphatic heterocycles. The minimum atomic E-state index is -0.733. The fraction of sp³-hybridized carbons (Fsp3) is 0.789. The monoisotopic (exact) mass is 338 g/mol. The zero-order chi connectivity index (χ0) is 17.2. The van der Waals surface area contributed by atoms with Crippen molar-refractivity contribution in [3.05, 3.63) is 12.2 Å². The lowest BCUT2D eigenvalue weighted by Gasteiger charge is -2.29. The second-order valence-corrected chi connectivity index (χ2v) is 6.86. The molecule has 0 aromatic heterocycles. The number of allylic oxidation sites excluding steroid dienone is 2. The van der Waals surface area contributed by atoms with E-state index in [0.717, 1.165) is 64.3 Å². The number of carboxylic acids is 1. The van der Waals surface area contributed by atoms with E-state index in [0.29, 0.717) is 6.42 Å². The minimum Gasteiger partial charge on any atom is -0.481 e. The van der Waals surface area contributed by atoms with Crippen molar-refractivity contribution in [3.63, 3.8) is 0 Å². The average molecular weight is 338 g/mol. The summed E-state index contributed by atoms with van der Waals surface area (Å²) >= 11 is 0. The highest BCUT2D eigenvalue weighted by Crippen LogP contribution is 2.37. The number of hydrogen-bond acceptors (Lipinski definition) is 4. The maximum Gasteiger partial charge on any atom is 0.303 e. The quantitative estimate of drug-likeness (QED) is 0.373. The molecule has 24 heavy (non-hydrogen) atoms. The molecule has 136 valence electrons. The third-order valence-electron chi connectivity index (χ3n) is 5.04. The van der Waals surface area contributed by atoms with Crippen LogP contribution in [0.1, 0.15) is 64.2 Å². The summed E-state index contributed by atoms with van der Waals surface area (Å²) in [6.45, 7) is 0.773. The van der Waals surface area contributed by atoms with Gasteiger partial charge in [-0.1, -0.05) is 12.2 Å². The van der Waals surface area contributed by atoms with E-state index >= 15 is 0 Å². The maximum absolute atomic E-state index is 11.3. The summed E-state index contributed by atoms with van der Waals surface area (Å²) in [6.07, 6.45) is 13.9. The van der Waals surface area contributed by atoms with Gasteiger partial charge in [0.1, 0.15) is 6.29 Å². The molecule has 1 aliphatic carbocycles. The summed E-state index contributed by atoms with van der Waals surface area (Å²) in [5, 5.41) is 8.60. The zero-order valence-electron chi connectivity index (χ0n) is 14.4. The Morgan fingerprint density at radius 1 is 1.17 bits per heavy atom. The molecule has 4 unspecified atom stereocenters. The van der Waals surface area contributed by atoms with Crippen LogP contribution in [-0.4, -0.2) is 36.4 Å². The molecule has 1 saturated heterocycles. The number of hydrogen-bond donors (Lipinski definition) is 1. The first-order valence-corrected chi connectivity index (χ1v) is 9.30. The van der Waals surface area contributed by atoms with Crippen LogP contribution in [0.15, 0.2) is 12.2 Å². The number of aldehydes is 1. The molecule has 1 N–H and O–H groups in total. The van der Waals surface area contributed by atoms with E-state index in [1.165, 1.54) is 0 Å². The lowest BCUT2D eigenvalue weighted by atomic mass is 9.92. The molecule has 0 aromatic rings. The summed E-state index contributed by atoms with van der Waals surface area (Å²) in [7, 11) is 0. The summed E-state index contributed by atoms with van der Waals surface area (Å²) in [5.41, 5.74) is 0. The van der Waals surface area contributed by atoms with Crippen LogP contribution in [0.2, 0.25) is 0 Å². The Kier molecular flexibility index (Phi) is 8.47. The SMILES string of the molecule is O=CC1CCC(OC2CCCCO2)C1CC=CCCCCC(=O)O. The van der Waals surface area contributed by atoms with Gasteiger partial charge in [-0.05, 0) is 63.7 Å². The second-order valence-electron chi connectivity index (χ2n) is 6.86. The zero-order valence-corrected chi connectivity index (χ0v) is 14.4. The molecule has 2 fully saturated rings. The van der Waals surface area contributed by atoms with E-state index in [1.807, 2.05) is 0 Å². The van der Waals surface area contributed by atoms with Crippen molar-refractivity contribution in [2.75, 3.05) is 6.61 Å². The summed E-state index contributed by atoms with van der Waals surface area (Å²) in [4.78, 5) is 21.8. The molecule has 0 aromatic carbocycles. The largest absolute Gasteiger partial charge is 0.481 e. The number of rotatable bonds is 10. The Morgan fingerprint density at radius 2 is 2.04 bits per heavy atom. The number of carbonyl (C=O) groups is 2. The van der Waals surface area contributed by atoms with Gasteiger partial charge in [-0.3, -0.25) is 4.79 Å². The van der Waals surface area contributed by atoms with Crippen molar-refractivity contribution in [2.24, 2.45) is 11.8 Å². The lowest BCUT2D eigenvalue weighted by Crippen LogP contribution is -2.31. The molecule has 0 radical (unpaired) electrons. The molecule has 1 saturated carbocycles. The summed E-state index contributed by atoms with van der Waals surface area (Å²) in [5.74, 6) is -0.415. The number of carbonyl (C=O) groups excluding carboxylic acids is 1. The highest BCUT2D eigenvalue weighted by molar-refractivity contribution is 5.66. The summed E-state index contributed by atoms with van der Waals surface area (Å²) in [6, 6.07) is 0. The third kappa shape index (κ3) is 6.36. The number of carboxylic acid groups (broad SMARTS) is 1. The van der Waals surface area contributed by atoms with Gasteiger partial charge in [-0.25, -0.2) is 0 Å². The molecule has 4 atom stereocenters. The molecular formula is C19H30O5. The topological polar surface area (TPSA) is 72.8 Å². The Balaban J connectivity index is 1.73. The first kappa shape index (κ1) is 19.1. The average Bonchev–Trinajstić information content (AvgIpc) is 2.96. The fourth-order valence-electron chi connectivity index (χ4n) is 3.65. The van der Waals surface area contributed by atoms with Gasteiger partial charge in [0.15, 0.2) is 6.29 Å². The number of ether oxygens (including phenoxy) is 2. The van der Waals surface area contributed by atoms with Gasteiger partial charge >= 0.3 is 5.97 Å². The Labute approximate surface area is 144 Å². The normalized spacial score (nSPS) is 30.7. The summed E-state index contributed by atoms with van der Waals surface area (Å²) < 4.78 is 11.8. The van der Waals surface area contributed by atoms with Crippen molar-refractivity contribution in [1.29, 1.82) is 0 Å². The van der Waals surface area contributed by atoms with Crippen LogP contribution in [0.25, 0.3) is 0 Å². The smallest absolute Gasteiger partial charge is 0.303 e. The predicted octanol–water partition coefficient (Wildman–Crippen LogP) is 3.71. The van der Waals surface area contributed by atoms with Crippen LogP contribution < -0.4 is 0 Å². The van der Waals surface area contributed by atoms with Crippen molar-refractivity contribution < 1.29 is 24.2 Å². The molecular weight excluding hydrogens is 308 g/mol. The first-order valence-electron chi connectivity index (χ1n) is 9.30. The fourth-order valence-corrected chi connectivity index (χ4v) is 3.65. The van der Waals surface area contributed by atoms with E-state index in [2.05, 4.69) is 12.2 Å². The Morgan fingerprint density at radius 3 is 2.75 bits per heavy atom. The molecule has 5 nitrogen and oxygen atoms in total. The molecule has 0 amide bonds. The van der Waals surface area contributed by atoms with Crippen LogP contribution in [-0.2, 0) is 19.1 Å². The van der Waals surface area contributed by atoms with Crippen LogP contribution in [0.3, 0.4) is 0 Å². The van der Waals surface area contributed by atoms with Crippen molar-refractivity contribution >= 4 is 12.3 Å². The van der Waals surface area contributed by atoms with Crippen molar-refractivity contribution in [1.82, 2.24) is 0 Å². The molecule has 0 spiro atoms. The van der Waals surface area contributed by atoms with Gasteiger partial charge in [-0.15, -0.1) is 0 Å². The van der Waals surface area contributed by atoms with E-state index in [9.17, 15) is 9.59 Å². The van der Waals surface area contributed by atoms with Crippen LogP contribution in [0.5, 0.6) is 0 Å². The first-order chi connectivity index (χ1) is 11.7. The Bertz CT molecular complexity index is 414. The molecule has 2 aliphatic rings. The van der Waals surface area contributed by atoms with E-state index in [1.54, 1.807) is 0 Å². The van der Waals surface area contributed by atoms with Crippen LogP contribution in [0, 0.1) is 11.8 Å². The van der Waals surface area contributed by atoms with E-state index in [-0.39, 0.29) is 30.7 Å². The highest BCUT2D eigenvalue weighted by Gasteiger charge is 2.37. The standard InChI is InChI=1S/C19H30O5/c20-14-15-11-12-17(24-19-10-6-7-13-23-19)16(15)8-4-2-1-3-5-9-18(21)22/h2,4,14-17,19H,1,3,5-13H2,(H,21,22). The van der Waals surface area contributed by atoms with Crippen LogP contribution in [0.4, 0.5) is 0 Å². The molecule has 1 heterocycles. The van der Waals surface area contributed by atoms with Crippen molar-refractivity contribution in [3.8, 4) is 0 Å².